The van der Waals surface area contributed by atoms with Crippen LogP contribution in [0.1, 0.15) is 104 Å². The van der Waals surface area contributed by atoms with Gasteiger partial charge in [-0.1, -0.05) is 90.4 Å². The fourth-order valence-electron chi connectivity index (χ4n) is 5.84. The van der Waals surface area contributed by atoms with Gasteiger partial charge in [0.15, 0.2) is 30.4 Å². The quantitative estimate of drug-likeness (QED) is 0.0826. The van der Waals surface area contributed by atoms with E-state index in [2.05, 4.69) is 12.2 Å². The van der Waals surface area contributed by atoms with Crippen LogP contribution in [-0.4, -0.2) is 121 Å². The molecule has 0 aromatic rings. The number of ether oxygens (including phenoxy) is 3. The Bertz CT molecular complexity index is 777. The number of Topliss-reactive ketones (excluding diaryl/α,β-unsaturated/α-hetero) is 1. The van der Waals surface area contributed by atoms with E-state index in [1.807, 2.05) is 0 Å². The standard InChI is InChI=1S/C29H55NO12/c1-3-4-5-6-7-8-9-10-11-12-13-14-15-16-17-30-28(18-31)29(19(2)32,24(37)23(36)26(39)41-28)42-27-22(35)20(33)21(34)25(38)40-27/h20-27,30-31,33-39H,3-18H2,1-2H3/t20-,21-,22+,23+,24-,25-,26+,27-,28+,29-/m0/s1. The average Bonchev–Trinajstić information content (AvgIpc) is 2.97. The normalized spacial score (nSPS) is 37.2. The van der Waals surface area contributed by atoms with Gasteiger partial charge in [0.1, 0.15) is 30.5 Å². The molecule has 42 heavy (non-hydrogen) atoms. The summed E-state index contributed by atoms with van der Waals surface area (Å²) in [5, 5.41) is 85.2. The molecule has 0 aromatic carbocycles. The average molecular weight is 610 g/mol. The predicted octanol–water partition coefficient (Wildman–Crippen LogP) is -0.0819. The molecule has 2 fully saturated rings. The second-order valence-corrected chi connectivity index (χ2v) is 11.7. The summed E-state index contributed by atoms with van der Waals surface area (Å²) in [4.78, 5) is 13.1. The van der Waals surface area contributed by atoms with Gasteiger partial charge in [0.05, 0.1) is 6.61 Å². The molecule has 9 N–H and O–H groups in total. The van der Waals surface area contributed by atoms with Crippen molar-refractivity contribution in [3.05, 3.63) is 0 Å². The topological polar surface area (TPSA) is 219 Å². The van der Waals surface area contributed by atoms with Crippen LogP contribution in [0.4, 0.5) is 0 Å². The second kappa shape index (κ2) is 18.2. The minimum atomic E-state index is -2.68. The Hall–Kier alpha value is -0.810. The van der Waals surface area contributed by atoms with Gasteiger partial charge in [0.2, 0.25) is 5.60 Å². The molecule has 2 aliphatic heterocycles. The molecule has 2 heterocycles. The summed E-state index contributed by atoms with van der Waals surface area (Å²) in [5.74, 6) is -0.977. The van der Waals surface area contributed by atoms with Gasteiger partial charge < -0.3 is 55.1 Å². The number of unbranched alkanes of at least 4 members (excludes halogenated alkanes) is 13. The van der Waals surface area contributed by atoms with Crippen LogP contribution in [0.3, 0.4) is 0 Å². The molecular formula is C29H55NO12. The number of ketones is 1. The van der Waals surface area contributed by atoms with Crippen LogP contribution in [0.2, 0.25) is 0 Å². The van der Waals surface area contributed by atoms with Crippen molar-refractivity contribution in [2.24, 2.45) is 0 Å². The van der Waals surface area contributed by atoms with Crippen LogP contribution in [0, 0.1) is 0 Å². The number of carbonyl (C=O) groups is 1. The molecule has 10 atom stereocenters. The lowest BCUT2D eigenvalue weighted by Crippen LogP contribution is -2.82. The van der Waals surface area contributed by atoms with Crippen LogP contribution in [-0.2, 0) is 19.0 Å². The molecule has 2 aliphatic rings. The van der Waals surface area contributed by atoms with Crippen LogP contribution < -0.4 is 5.32 Å². The molecule has 0 aromatic heterocycles. The van der Waals surface area contributed by atoms with Gasteiger partial charge in [0.25, 0.3) is 0 Å². The number of rotatable bonds is 20. The highest BCUT2D eigenvalue weighted by Crippen LogP contribution is 2.42. The summed E-state index contributed by atoms with van der Waals surface area (Å²) in [7, 11) is 0. The molecule has 2 rings (SSSR count). The van der Waals surface area contributed by atoms with E-state index in [1.165, 1.54) is 57.8 Å². The van der Waals surface area contributed by atoms with Gasteiger partial charge in [-0.3, -0.25) is 10.1 Å². The largest absolute Gasteiger partial charge is 0.392 e. The maximum Gasteiger partial charge on any atom is 0.202 e. The molecule has 0 radical (unpaired) electrons. The number of aliphatic hydroxyl groups excluding tert-OH is 8. The van der Waals surface area contributed by atoms with Gasteiger partial charge in [-0.05, 0) is 19.9 Å². The third kappa shape index (κ3) is 9.11. The maximum atomic E-state index is 13.1. The summed E-state index contributed by atoms with van der Waals surface area (Å²) in [6.07, 6.45) is -0.0487. The lowest BCUT2D eigenvalue weighted by molar-refractivity contribution is -0.416. The summed E-state index contributed by atoms with van der Waals surface area (Å²) in [5.41, 5.74) is -4.99. The smallest absolute Gasteiger partial charge is 0.202 e. The summed E-state index contributed by atoms with van der Waals surface area (Å²) < 4.78 is 16.2. The van der Waals surface area contributed by atoms with E-state index >= 15 is 0 Å². The SMILES string of the molecule is CCCCCCCCCCCCCCCCN[C@]1(CO)O[C@@H](O)[C@H](O)[C@H](O)[C@@]1(O[C@@H]1O[C@H](O)[C@@H](O)[C@H](O)[C@H]1O)C(C)=O. The summed E-state index contributed by atoms with van der Waals surface area (Å²) in [6, 6.07) is 0. The fourth-order valence-corrected chi connectivity index (χ4v) is 5.84. The molecule has 13 nitrogen and oxygen atoms in total. The Balaban J connectivity index is 1.94. The highest BCUT2D eigenvalue weighted by molar-refractivity contribution is 5.88. The van der Waals surface area contributed by atoms with Crippen LogP contribution in [0.5, 0.6) is 0 Å². The van der Waals surface area contributed by atoms with Gasteiger partial charge >= 0.3 is 0 Å². The van der Waals surface area contributed by atoms with Crippen molar-refractivity contribution in [2.75, 3.05) is 13.2 Å². The van der Waals surface area contributed by atoms with Crippen molar-refractivity contribution in [1.82, 2.24) is 5.32 Å². The van der Waals surface area contributed by atoms with E-state index in [4.69, 9.17) is 14.2 Å². The number of hydrogen-bond donors (Lipinski definition) is 9. The van der Waals surface area contributed by atoms with E-state index in [1.54, 1.807) is 0 Å². The Morgan fingerprint density at radius 3 is 1.69 bits per heavy atom. The zero-order chi connectivity index (χ0) is 31.3. The Morgan fingerprint density at radius 1 is 0.714 bits per heavy atom. The molecule has 0 amide bonds. The maximum absolute atomic E-state index is 13.1. The fraction of sp³-hybridized carbons (Fsp3) is 0.966. The van der Waals surface area contributed by atoms with Gasteiger partial charge in [-0.25, -0.2) is 0 Å². The molecule has 0 aliphatic carbocycles. The highest BCUT2D eigenvalue weighted by atomic mass is 16.8. The van der Waals surface area contributed by atoms with E-state index in [9.17, 15) is 45.6 Å². The Labute approximate surface area is 248 Å². The first-order chi connectivity index (χ1) is 20.0. The third-order valence-electron chi connectivity index (χ3n) is 8.49. The molecular weight excluding hydrogens is 554 g/mol. The number of aliphatic hydroxyl groups is 8. The first-order valence-electron chi connectivity index (χ1n) is 15.6. The number of hydrogen-bond acceptors (Lipinski definition) is 13. The number of nitrogens with one attached hydrogen (secondary N) is 1. The molecule has 0 saturated carbocycles. The van der Waals surface area contributed by atoms with Crippen molar-refractivity contribution in [1.29, 1.82) is 0 Å². The highest BCUT2D eigenvalue weighted by Gasteiger charge is 2.69. The molecule has 0 bridgehead atoms. The van der Waals surface area contributed by atoms with Crippen molar-refractivity contribution in [2.45, 2.75) is 164 Å². The second-order valence-electron chi connectivity index (χ2n) is 11.7. The van der Waals surface area contributed by atoms with Crippen molar-refractivity contribution < 1.29 is 59.9 Å². The Morgan fingerprint density at radius 2 is 1.21 bits per heavy atom. The van der Waals surface area contributed by atoms with E-state index in [0.29, 0.717) is 6.42 Å². The van der Waals surface area contributed by atoms with Gasteiger partial charge in [-0.2, -0.15) is 0 Å². The van der Waals surface area contributed by atoms with Gasteiger partial charge in [-0.15, -0.1) is 0 Å². The van der Waals surface area contributed by atoms with Crippen LogP contribution in [0.25, 0.3) is 0 Å². The first-order valence-corrected chi connectivity index (χ1v) is 15.6. The molecule has 0 spiro atoms. The van der Waals surface area contributed by atoms with Crippen LogP contribution in [0.15, 0.2) is 0 Å². The lowest BCUT2D eigenvalue weighted by Gasteiger charge is -2.56. The molecule has 13 heteroatoms. The predicted molar refractivity (Wildman–Crippen MR) is 151 cm³/mol. The minimum Gasteiger partial charge on any atom is -0.392 e. The number of carbonyl (C=O) groups excluding carboxylic acids is 1. The minimum absolute atomic E-state index is 0.157. The van der Waals surface area contributed by atoms with Crippen LogP contribution >= 0.6 is 0 Å². The van der Waals surface area contributed by atoms with Crippen molar-refractivity contribution in [3.8, 4) is 0 Å². The first kappa shape index (κ1) is 37.4. The summed E-state index contributed by atoms with van der Waals surface area (Å²) >= 11 is 0. The zero-order valence-corrected chi connectivity index (χ0v) is 25.1. The van der Waals surface area contributed by atoms with Crippen molar-refractivity contribution >= 4 is 5.78 Å². The van der Waals surface area contributed by atoms with Crippen molar-refractivity contribution in [3.63, 3.8) is 0 Å². The lowest BCUT2D eigenvalue weighted by atomic mass is 9.76. The Kier molecular flexibility index (Phi) is 16.2. The van der Waals surface area contributed by atoms with E-state index in [0.717, 1.165) is 32.6 Å². The third-order valence-corrected chi connectivity index (χ3v) is 8.49. The molecule has 0 unspecified atom stereocenters. The van der Waals surface area contributed by atoms with Gasteiger partial charge in [0, 0.05) is 0 Å². The summed E-state index contributed by atoms with van der Waals surface area (Å²) in [6.45, 7) is 2.33. The zero-order valence-electron chi connectivity index (χ0n) is 25.1. The monoisotopic (exact) mass is 609 g/mol. The van der Waals surface area contributed by atoms with E-state index < -0.39 is 73.1 Å². The molecule has 248 valence electrons. The van der Waals surface area contributed by atoms with E-state index in [-0.39, 0.29) is 6.54 Å². The molecule has 2 saturated heterocycles.